The van der Waals surface area contributed by atoms with E-state index in [0.717, 1.165) is 35.7 Å². The number of urea groups is 1. The van der Waals surface area contributed by atoms with E-state index in [0.29, 0.717) is 6.54 Å². The van der Waals surface area contributed by atoms with Crippen LogP contribution in [0.1, 0.15) is 12.8 Å². The van der Waals surface area contributed by atoms with Crippen LogP contribution >= 0.6 is 11.8 Å². The Labute approximate surface area is 145 Å². The van der Waals surface area contributed by atoms with Gasteiger partial charge < -0.3 is 15.3 Å². The number of benzene rings is 1. The zero-order chi connectivity index (χ0) is 16.8. The molecule has 1 aliphatic heterocycles. The Hall–Kier alpha value is -1.99. The van der Waals surface area contributed by atoms with Crippen LogP contribution in [0.3, 0.4) is 0 Å². The van der Waals surface area contributed by atoms with E-state index in [2.05, 4.69) is 10.4 Å². The minimum atomic E-state index is -0.154. The van der Waals surface area contributed by atoms with Gasteiger partial charge in [0.15, 0.2) is 0 Å². The molecule has 1 aromatic heterocycles. The highest BCUT2D eigenvalue weighted by molar-refractivity contribution is 7.99. The molecule has 0 aliphatic carbocycles. The second-order valence-corrected chi connectivity index (χ2v) is 6.92. The van der Waals surface area contributed by atoms with Gasteiger partial charge in [-0.1, -0.05) is 6.07 Å². The van der Waals surface area contributed by atoms with Crippen LogP contribution in [-0.4, -0.2) is 56.5 Å². The topological polar surface area (TPSA) is 70.4 Å². The van der Waals surface area contributed by atoms with Crippen molar-refractivity contribution in [1.29, 1.82) is 0 Å². The molecule has 1 fully saturated rings. The summed E-state index contributed by atoms with van der Waals surface area (Å²) in [6.45, 7) is 0.338. The minimum Gasteiger partial charge on any atom is -0.395 e. The van der Waals surface area contributed by atoms with Crippen LogP contribution in [0.4, 0.5) is 10.5 Å². The summed E-state index contributed by atoms with van der Waals surface area (Å²) < 4.78 is 1.75. The number of carbonyl (C=O) groups is 1. The Morgan fingerprint density at radius 3 is 2.92 bits per heavy atom. The highest BCUT2D eigenvalue weighted by atomic mass is 32.2. The zero-order valence-electron chi connectivity index (χ0n) is 13.5. The monoisotopic (exact) mass is 346 g/mol. The predicted molar refractivity (Wildman–Crippen MR) is 96.7 cm³/mol. The number of amides is 2. The average Bonchev–Trinajstić information content (AvgIpc) is 3.15. The first-order valence-corrected chi connectivity index (χ1v) is 9.29. The van der Waals surface area contributed by atoms with E-state index in [9.17, 15) is 9.90 Å². The van der Waals surface area contributed by atoms with Gasteiger partial charge in [-0.2, -0.15) is 16.9 Å². The number of aromatic nitrogens is 2. The molecule has 0 radical (unpaired) electrons. The van der Waals surface area contributed by atoms with Gasteiger partial charge in [-0.15, -0.1) is 0 Å². The van der Waals surface area contributed by atoms with E-state index in [1.54, 1.807) is 15.8 Å². The van der Waals surface area contributed by atoms with Crippen LogP contribution in [0.15, 0.2) is 42.7 Å². The second kappa shape index (κ2) is 8.21. The second-order valence-electron chi connectivity index (χ2n) is 5.69. The molecule has 0 saturated carbocycles. The molecule has 2 aromatic rings. The normalized spacial score (nSPS) is 15.2. The van der Waals surface area contributed by atoms with Crippen LogP contribution in [-0.2, 0) is 0 Å². The molecule has 6 nitrogen and oxygen atoms in total. The molecule has 128 valence electrons. The van der Waals surface area contributed by atoms with Crippen molar-refractivity contribution in [1.82, 2.24) is 14.7 Å². The van der Waals surface area contributed by atoms with Crippen LogP contribution in [0.2, 0.25) is 0 Å². The number of carbonyl (C=O) groups excluding carboxylic acids is 1. The summed E-state index contributed by atoms with van der Waals surface area (Å²) in [4.78, 5) is 14.4. The number of thioether (sulfide) groups is 1. The lowest BCUT2D eigenvalue weighted by Crippen LogP contribution is -2.46. The summed E-state index contributed by atoms with van der Waals surface area (Å²) in [6.07, 6.45) is 5.53. The van der Waals surface area contributed by atoms with Gasteiger partial charge >= 0.3 is 6.03 Å². The fraction of sp³-hybridized carbons (Fsp3) is 0.412. The molecular formula is C17H22N4O2S. The molecular weight excluding hydrogens is 324 g/mol. The van der Waals surface area contributed by atoms with E-state index < -0.39 is 0 Å². The smallest absolute Gasteiger partial charge is 0.322 e. The maximum atomic E-state index is 12.7. The maximum absolute atomic E-state index is 12.7. The number of hydrogen-bond donors (Lipinski definition) is 2. The number of hydrogen-bond acceptors (Lipinski definition) is 4. The Balaban J connectivity index is 1.71. The average molecular weight is 346 g/mol. The Morgan fingerprint density at radius 1 is 1.38 bits per heavy atom. The van der Waals surface area contributed by atoms with Gasteiger partial charge in [-0.05, 0) is 48.6 Å². The van der Waals surface area contributed by atoms with E-state index in [1.807, 2.05) is 48.3 Å². The number of anilines is 1. The Kier molecular flexibility index (Phi) is 5.77. The van der Waals surface area contributed by atoms with Crippen LogP contribution in [0, 0.1) is 0 Å². The van der Waals surface area contributed by atoms with Crippen LogP contribution in [0.25, 0.3) is 5.69 Å². The standard InChI is InChI=1S/C17H22N4O2S/c22-10-9-20(15-5-11-24-12-6-15)17(23)19-14-3-1-4-16(13-14)21-8-2-7-18-21/h1-4,7-8,13,15,22H,5-6,9-12H2,(H,19,23). The number of nitrogens with one attached hydrogen (secondary N) is 1. The van der Waals surface area contributed by atoms with Crippen molar-refractivity contribution >= 4 is 23.5 Å². The predicted octanol–water partition coefficient (Wildman–Crippen LogP) is 2.59. The SMILES string of the molecule is O=C(Nc1cccc(-n2cccn2)c1)N(CCO)C1CCSCC1. The molecule has 0 atom stereocenters. The van der Waals surface area contributed by atoms with Crippen LogP contribution < -0.4 is 5.32 Å². The molecule has 0 unspecified atom stereocenters. The lowest BCUT2D eigenvalue weighted by molar-refractivity contribution is 0.158. The largest absolute Gasteiger partial charge is 0.395 e. The zero-order valence-corrected chi connectivity index (χ0v) is 14.3. The van der Waals surface area contributed by atoms with Crippen molar-refractivity contribution in [3.63, 3.8) is 0 Å². The molecule has 24 heavy (non-hydrogen) atoms. The molecule has 7 heteroatoms. The molecule has 0 bridgehead atoms. The van der Waals surface area contributed by atoms with Gasteiger partial charge in [-0.25, -0.2) is 9.48 Å². The highest BCUT2D eigenvalue weighted by Gasteiger charge is 2.25. The van der Waals surface area contributed by atoms with Crippen molar-refractivity contribution in [2.45, 2.75) is 18.9 Å². The highest BCUT2D eigenvalue weighted by Crippen LogP contribution is 2.23. The third-order valence-corrected chi connectivity index (χ3v) is 5.15. The molecule has 2 heterocycles. The van der Waals surface area contributed by atoms with Gasteiger partial charge in [0.2, 0.25) is 0 Å². The van der Waals surface area contributed by atoms with Crippen molar-refractivity contribution in [3.8, 4) is 5.69 Å². The third kappa shape index (κ3) is 4.10. The fourth-order valence-electron chi connectivity index (χ4n) is 2.90. The van der Waals surface area contributed by atoms with Crippen molar-refractivity contribution in [2.75, 3.05) is 30.0 Å². The lowest BCUT2D eigenvalue weighted by atomic mass is 10.1. The van der Waals surface area contributed by atoms with E-state index in [4.69, 9.17) is 0 Å². The van der Waals surface area contributed by atoms with Crippen LogP contribution in [0.5, 0.6) is 0 Å². The summed E-state index contributed by atoms with van der Waals surface area (Å²) in [5.74, 6) is 2.13. The first kappa shape index (κ1) is 16.9. The summed E-state index contributed by atoms with van der Waals surface area (Å²) in [6, 6.07) is 9.48. The molecule has 1 aromatic carbocycles. The molecule has 1 aliphatic rings. The Bertz CT molecular complexity index is 656. The Morgan fingerprint density at radius 2 is 2.21 bits per heavy atom. The van der Waals surface area contributed by atoms with E-state index in [-0.39, 0.29) is 18.7 Å². The van der Waals surface area contributed by atoms with Crippen molar-refractivity contribution in [2.24, 2.45) is 0 Å². The number of rotatable bonds is 5. The first-order valence-electron chi connectivity index (χ1n) is 8.14. The van der Waals surface area contributed by atoms with E-state index >= 15 is 0 Å². The third-order valence-electron chi connectivity index (χ3n) is 4.10. The summed E-state index contributed by atoms with van der Waals surface area (Å²) in [7, 11) is 0. The number of aliphatic hydroxyl groups is 1. The van der Waals surface area contributed by atoms with Gasteiger partial charge in [-0.3, -0.25) is 0 Å². The first-order chi connectivity index (χ1) is 11.8. The molecule has 1 saturated heterocycles. The summed E-state index contributed by atoms with van der Waals surface area (Å²) in [5, 5.41) is 16.5. The van der Waals surface area contributed by atoms with Crippen molar-refractivity contribution in [3.05, 3.63) is 42.7 Å². The molecule has 0 spiro atoms. The maximum Gasteiger partial charge on any atom is 0.322 e. The van der Waals surface area contributed by atoms with Gasteiger partial charge in [0.05, 0.1) is 12.3 Å². The van der Waals surface area contributed by atoms with Crippen molar-refractivity contribution < 1.29 is 9.90 Å². The van der Waals surface area contributed by atoms with Gasteiger partial charge in [0, 0.05) is 30.7 Å². The quantitative estimate of drug-likeness (QED) is 0.873. The van der Waals surface area contributed by atoms with E-state index in [1.165, 1.54) is 0 Å². The fourth-order valence-corrected chi connectivity index (χ4v) is 3.98. The number of nitrogens with zero attached hydrogens (tertiary/aromatic N) is 3. The van der Waals surface area contributed by atoms with Gasteiger partial charge in [0.25, 0.3) is 0 Å². The summed E-state index contributed by atoms with van der Waals surface area (Å²) in [5.41, 5.74) is 1.61. The molecule has 2 N–H and O–H groups in total. The van der Waals surface area contributed by atoms with Gasteiger partial charge in [0.1, 0.15) is 0 Å². The number of aliphatic hydroxyl groups excluding tert-OH is 1. The molecule has 3 rings (SSSR count). The minimum absolute atomic E-state index is 0.0234. The summed E-state index contributed by atoms with van der Waals surface area (Å²) >= 11 is 1.92. The lowest BCUT2D eigenvalue weighted by Gasteiger charge is -2.33. The molecule has 2 amide bonds.